The van der Waals surface area contributed by atoms with Crippen LogP contribution < -0.4 is 5.56 Å². The van der Waals surface area contributed by atoms with E-state index in [0.717, 1.165) is 76.7 Å². The lowest BCUT2D eigenvalue weighted by Gasteiger charge is -2.46. The molecule has 3 aliphatic heterocycles. The second-order valence-corrected chi connectivity index (χ2v) is 9.18. The van der Waals surface area contributed by atoms with E-state index in [0.29, 0.717) is 32.9 Å². The van der Waals surface area contributed by atoms with Crippen molar-refractivity contribution in [3.8, 4) is 0 Å². The first-order valence-corrected chi connectivity index (χ1v) is 11.1. The van der Waals surface area contributed by atoms with Gasteiger partial charge in [0, 0.05) is 38.3 Å². The van der Waals surface area contributed by atoms with Crippen LogP contribution in [0.4, 0.5) is 0 Å². The number of nitrogens with zero attached hydrogens (tertiary/aromatic N) is 3. The fraction of sp³-hybridized carbons (Fsp3) is 0.619. The molecule has 2 fully saturated rings. The molecule has 0 saturated carbocycles. The molecule has 0 radical (unpaired) electrons. The molecule has 7 heteroatoms. The quantitative estimate of drug-likeness (QED) is 0.732. The Kier molecular flexibility index (Phi) is 5.12. The number of ether oxygens (including phenoxy) is 1. The maximum Gasteiger partial charge on any atom is 0.261 e. The third-order valence-electron chi connectivity index (χ3n) is 6.73. The Balaban J connectivity index is 1.49. The summed E-state index contributed by atoms with van der Waals surface area (Å²) in [6.07, 6.45) is 5.57. The lowest BCUT2D eigenvalue weighted by molar-refractivity contribution is 0.0272. The molecule has 0 amide bonds. The largest absolute Gasteiger partial charge is 0.381 e. The highest BCUT2D eigenvalue weighted by atomic mass is 35.5. The monoisotopic (exact) mass is 421 g/mol. The van der Waals surface area contributed by atoms with E-state index in [9.17, 15) is 4.79 Å². The fourth-order valence-corrected chi connectivity index (χ4v) is 5.61. The van der Waals surface area contributed by atoms with Crippen LogP contribution in [0.2, 0.25) is 10.0 Å². The van der Waals surface area contributed by atoms with E-state index in [1.165, 1.54) is 0 Å². The van der Waals surface area contributed by atoms with E-state index in [1.807, 2.05) is 4.57 Å². The summed E-state index contributed by atoms with van der Waals surface area (Å²) in [5, 5.41) is 1.41. The second-order valence-electron chi connectivity index (χ2n) is 8.37. The van der Waals surface area contributed by atoms with Crippen molar-refractivity contribution in [3.63, 3.8) is 0 Å². The Morgan fingerprint density at radius 1 is 1.07 bits per heavy atom. The molecule has 0 aliphatic carbocycles. The molecule has 4 heterocycles. The highest BCUT2D eigenvalue weighted by Gasteiger charge is 2.39. The molecule has 0 spiro atoms. The van der Waals surface area contributed by atoms with E-state index in [1.54, 1.807) is 12.1 Å². The zero-order valence-electron chi connectivity index (χ0n) is 15.9. The standard InChI is InChI=1S/C21H25Cl2N3O2/c22-16-10-15-18(11-17(16)23)24-20-14-2-1-6-25(12-13-4-8-28-9-5-13)19(14)3-7-26(20)21(15)27/h10-11,13-14,19H,1-9,12H2/t14-,19+/m0/s1. The van der Waals surface area contributed by atoms with Crippen molar-refractivity contribution in [2.24, 2.45) is 5.92 Å². The van der Waals surface area contributed by atoms with Gasteiger partial charge in [-0.05, 0) is 56.7 Å². The second kappa shape index (κ2) is 7.60. The minimum Gasteiger partial charge on any atom is -0.381 e. The Morgan fingerprint density at radius 2 is 1.86 bits per heavy atom. The van der Waals surface area contributed by atoms with Gasteiger partial charge < -0.3 is 4.74 Å². The molecule has 150 valence electrons. The van der Waals surface area contributed by atoms with E-state index < -0.39 is 0 Å². The Labute approximate surface area is 174 Å². The molecule has 5 rings (SSSR count). The van der Waals surface area contributed by atoms with Crippen molar-refractivity contribution in [2.75, 3.05) is 26.3 Å². The fourth-order valence-electron chi connectivity index (χ4n) is 5.29. The van der Waals surface area contributed by atoms with Gasteiger partial charge in [0.1, 0.15) is 5.82 Å². The number of likely N-dealkylation sites (tertiary alicyclic amines) is 1. The van der Waals surface area contributed by atoms with Crippen LogP contribution in [0.15, 0.2) is 16.9 Å². The third-order valence-corrected chi connectivity index (χ3v) is 7.46. The number of halogens is 2. The lowest BCUT2D eigenvalue weighted by atomic mass is 9.83. The first-order chi connectivity index (χ1) is 13.6. The summed E-state index contributed by atoms with van der Waals surface area (Å²) in [6.45, 7) is 4.80. The zero-order chi connectivity index (χ0) is 19.3. The molecule has 2 atom stereocenters. The van der Waals surface area contributed by atoms with E-state index in [4.69, 9.17) is 32.9 Å². The lowest BCUT2D eigenvalue weighted by Crippen LogP contribution is -2.51. The highest BCUT2D eigenvalue weighted by molar-refractivity contribution is 6.42. The predicted molar refractivity (Wildman–Crippen MR) is 112 cm³/mol. The Morgan fingerprint density at radius 3 is 2.68 bits per heavy atom. The summed E-state index contributed by atoms with van der Waals surface area (Å²) in [5.41, 5.74) is 0.673. The van der Waals surface area contributed by atoms with Gasteiger partial charge in [-0.25, -0.2) is 4.98 Å². The van der Waals surface area contributed by atoms with Crippen LogP contribution in [0.1, 0.15) is 43.8 Å². The summed E-state index contributed by atoms with van der Waals surface area (Å²) in [7, 11) is 0. The molecule has 28 heavy (non-hydrogen) atoms. The van der Waals surface area contributed by atoms with Crippen molar-refractivity contribution < 1.29 is 4.74 Å². The van der Waals surface area contributed by atoms with Crippen LogP contribution >= 0.6 is 23.2 Å². The van der Waals surface area contributed by atoms with Crippen molar-refractivity contribution in [2.45, 2.75) is 50.6 Å². The van der Waals surface area contributed by atoms with Gasteiger partial charge in [0.25, 0.3) is 5.56 Å². The molecule has 1 aromatic carbocycles. The van der Waals surface area contributed by atoms with Crippen LogP contribution in [0, 0.1) is 5.92 Å². The molecule has 1 aromatic heterocycles. The van der Waals surface area contributed by atoms with Gasteiger partial charge >= 0.3 is 0 Å². The minimum atomic E-state index is 0.0126. The summed E-state index contributed by atoms with van der Waals surface area (Å²) in [6, 6.07) is 3.86. The van der Waals surface area contributed by atoms with Crippen molar-refractivity contribution in [3.05, 3.63) is 38.4 Å². The average Bonchev–Trinajstić information content (AvgIpc) is 2.71. The van der Waals surface area contributed by atoms with Gasteiger partial charge in [-0.3, -0.25) is 14.3 Å². The zero-order valence-corrected chi connectivity index (χ0v) is 17.4. The van der Waals surface area contributed by atoms with Gasteiger partial charge in [0.15, 0.2) is 0 Å². The van der Waals surface area contributed by atoms with Crippen LogP contribution in [0.3, 0.4) is 0 Å². The number of rotatable bonds is 2. The molecule has 2 saturated heterocycles. The molecule has 0 bridgehead atoms. The van der Waals surface area contributed by atoms with Gasteiger partial charge in [-0.1, -0.05) is 23.2 Å². The first-order valence-electron chi connectivity index (χ1n) is 10.3. The summed E-state index contributed by atoms with van der Waals surface area (Å²) in [5.74, 6) is 1.97. The maximum atomic E-state index is 13.1. The SMILES string of the molecule is O=c1c2cc(Cl)c(Cl)cc2nc2n1CC[C@@H]1[C@@H]2CCCN1CC1CCOCC1. The summed E-state index contributed by atoms with van der Waals surface area (Å²) < 4.78 is 7.41. The Bertz CT molecular complexity index is 955. The van der Waals surface area contributed by atoms with Crippen LogP contribution in [0.25, 0.3) is 10.9 Å². The normalized spacial score (nSPS) is 26.2. The van der Waals surface area contributed by atoms with Gasteiger partial charge in [0.05, 0.1) is 20.9 Å². The van der Waals surface area contributed by atoms with Gasteiger partial charge in [-0.15, -0.1) is 0 Å². The van der Waals surface area contributed by atoms with Gasteiger partial charge in [-0.2, -0.15) is 0 Å². The highest BCUT2D eigenvalue weighted by Crippen LogP contribution is 2.38. The van der Waals surface area contributed by atoms with E-state index in [2.05, 4.69) is 4.90 Å². The predicted octanol–water partition coefficient (Wildman–Crippen LogP) is 4.08. The topological polar surface area (TPSA) is 47.4 Å². The molecule has 0 unspecified atom stereocenters. The average molecular weight is 422 g/mol. The van der Waals surface area contributed by atoms with Crippen molar-refractivity contribution >= 4 is 34.1 Å². The summed E-state index contributed by atoms with van der Waals surface area (Å²) >= 11 is 12.3. The van der Waals surface area contributed by atoms with Crippen LogP contribution in [0.5, 0.6) is 0 Å². The third kappa shape index (κ3) is 3.26. The van der Waals surface area contributed by atoms with Crippen LogP contribution in [-0.4, -0.2) is 46.8 Å². The molecule has 0 N–H and O–H groups in total. The molecular weight excluding hydrogens is 397 g/mol. The molecular formula is C21H25Cl2N3O2. The van der Waals surface area contributed by atoms with Crippen molar-refractivity contribution in [1.29, 1.82) is 0 Å². The number of hydrogen-bond donors (Lipinski definition) is 0. The number of fused-ring (bicyclic) bond motifs is 4. The molecule has 2 aromatic rings. The van der Waals surface area contributed by atoms with Crippen LogP contribution in [-0.2, 0) is 11.3 Å². The molecule has 5 nitrogen and oxygen atoms in total. The van der Waals surface area contributed by atoms with E-state index in [-0.39, 0.29) is 5.56 Å². The number of aromatic nitrogens is 2. The van der Waals surface area contributed by atoms with Gasteiger partial charge in [0.2, 0.25) is 0 Å². The summed E-state index contributed by atoms with van der Waals surface area (Å²) in [4.78, 5) is 20.7. The Hall–Kier alpha value is -1.14. The minimum absolute atomic E-state index is 0.0126. The first kappa shape index (κ1) is 18.9. The van der Waals surface area contributed by atoms with Crippen molar-refractivity contribution in [1.82, 2.24) is 14.5 Å². The maximum absolute atomic E-state index is 13.1. The molecule has 3 aliphatic rings. The number of hydrogen-bond acceptors (Lipinski definition) is 4. The number of piperidine rings is 1. The van der Waals surface area contributed by atoms with E-state index >= 15 is 0 Å². The number of benzene rings is 1. The smallest absolute Gasteiger partial charge is 0.261 e.